The van der Waals surface area contributed by atoms with Crippen molar-refractivity contribution in [3.8, 4) is 0 Å². The van der Waals surface area contributed by atoms with E-state index in [2.05, 4.69) is 4.90 Å². The van der Waals surface area contributed by atoms with E-state index in [9.17, 15) is 8.42 Å². The highest BCUT2D eigenvalue weighted by molar-refractivity contribution is 7.91. The van der Waals surface area contributed by atoms with Crippen molar-refractivity contribution in [1.82, 2.24) is 4.90 Å². The maximum atomic E-state index is 11.5. The van der Waals surface area contributed by atoms with Crippen LogP contribution in [0, 0.1) is 0 Å². The number of nitrogens with two attached hydrogens (primary N) is 1. The molecule has 94 valence electrons. The van der Waals surface area contributed by atoms with Gasteiger partial charge in [0.2, 0.25) is 0 Å². The lowest BCUT2D eigenvalue weighted by atomic mass is 10.2. The number of rotatable bonds is 3. The second-order valence-electron chi connectivity index (χ2n) is 4.63. The maximum absolute atomic E-state index is 11.5. The molecule has 2 rings (SSSR count). The molecule has 16 heavy (non-hydrogen) atoms. The Labute approximate surface area is 96.9 Å². The van der Waals surface area contributed by atoms with Crippen molar-refractivity contribution in [2.45, 2.75) is 25.0 Å². The monoisotopic (exact) mass is 248 g/mol. The van der Waals surface area contributed by atoms with E-state index in [1.165, 1.54) is 0 Å². The third-order valence-corrected chi connectivity index (χ3v) is 5.08. The van der Waals surface area contributed by atoms with Crippen molar-refractivity contribution in [3.05, 3.63) is 0 Å². The fourth-order valence-electron chi connectivity index (χ4n) is 2.43. The summed E-state index contributed by atoms with van der Waals surface area (Å²) >= 11 is 0. The normalized spacial score (nSPS) is 35.3. The van der Waals surface area contributed by atoms with Gasteiger partial charge in [0.05, 0.1) is 17.6 Å². The second kappa shape index (κ2) is 5.00. The molecule has 0 amide bonds. The minimum Gasteiger partial charge on any atom is -0.377 e. The van der Waals surface area contributed by atoms with Crippen molar-refractivity contribution < 1.29 is 13.2 Å². The first kappa shape index (κ1) is 12.3. The van der Waals surface area contributed by atoms with Crippen molar-refractivity contribution in [2.24, 2.45) is 5.73 Å². The Morgan fingerprint density at radius 3 is 2.88 bits per heavy atom. The molecule has 0 aromatic heterocycles. The minimum absolute atomic E-state index is 0.0250. The maximum Gasteiger partial charge on any atom is 0.153 e. The fourth-order valence-corrected chi connectivity index (χ4v) is 4.04. The van der Waals surface area contributed by atoms with E-state index in [4.69, 9.17) is 10.5 Å². The van der Waals surface area contributed by atoms with E-state index in [-0.39, 0.29) is 23.7 Å². The Kier molecular flexibility index (Phi) is 3.84. The number of sulfone groups is 1. The third-order valence-electron chi connectivity index (χ3n) is 3.39. The van der Waals surface area contributed by atoms with Crippen LogP contribution in [0.4, 0.5) is 0 Å². The lowest BCUT2D eigenvalue weighted by molar-refractivity contribution is 0.0622. The molecular weight excluding hydrogens is 228 g/mol. The standard InChI is InChI=1S/C10H20N2O3S/c11-6-9-8-16(13,14)5-3-12(9)7-10-2-1-4-15-10/h9-10H,1-8,11H2. The number of hydrogen-bond acceptors (Lipinski definition) is 5. The Bertz CT molecular complexity index is 325. The van der Waals surface area contributed by atoms with Crippen LogP contribution in [0.1, 0.15) is 12.8 Å². The largest absolute Gasteiger partial charge is 0.377 e. The molecule has 2 atom stereocenters. The molecule has 2 heterocycles. The highest BCUT2D eigenvalue weighted by atomic mass is 32.2. The molecule has 0 radical (unpaired) electrons. The lowest BCUT2D eigenvalue weighted by Gasteiger charge is -2.35. The summed E-state index contributed by atoms with van der Waals surface area (Å²) in [6, 6.07) is -0.0250. The van der Waals surface area contributed by atoms with Gasteiger partial charge in [-0.25, -0.2) is 8.42 Å². The van der Waals surface area contributed by atoms with Gasteiger partial charge in [-0.05, 0) is 12.8 Å². The topological polar surface area (TPSA) is 72.6 Å². The molecule has 0 aromatic carbocycles. The first-order valence-electron chi connectivity index (χ1n) is 5.87. The predicted octanol–water partition coefficient (Wildman–Crippen LogP) is -0.777. The lowest BCUT2D eigenvalue weighted by Crippen LogP contribution is -2.53. The average Bonchev–Trinajstić information content (AvgIpc) is 2.73. The van der Waals surface area contributed by atoms with Crippen molar-refractivity contribution >= 4 is 9.84 Å². The van der Waals surface area contributed by atoms with Crippen LogP contribution in [-0.4, -0.2) is 63.2 Å². The molecule has 2 N–H and O–H groups in total. The summed E-state index contributed by atoms with van der Waals surface area (Å²) in [5, 5.41) is 0. The Morgan fingerprint density at radius 2 is 2.25 bits per heavy atom. The zero-order chi connectivity index (χ0) is 11.6. The number of hydrogen-bond donors (Lipinski definition) is 1. The molecule has 2 saturated heterocycles. The van der Waals surface area contributed by atoms with Gasteiger partial charge in [-0.3, -0.25) is 4.90 Å². The van der Waals surface area contributed by atoms with E-state index < -0.39 is 9.84 Å². The summed E-state index contributed by atoms with van der Waals surface area (Å²) in [4.78, 5) is 2.18. The van der Waals surface area contributed by atoms with Gasteiger partial charge in [-0.15, -0.1) is 0 Å². The molecule has 0 bridgehead atoms. The van der Waals surface area contributed by atoms with Crippen molar-refractivity contribution in [2.75, 3.05) is 37.7 Å². The van der Waals surface area contributed by atoms with Gasteiger partial charge in [0.15, 0.2) is 9.84 Å². The molecule has 0 spiro atoms. The van der Waals surface area contributed by atoms with E-state index >= 15 is 0 Å². The Hall–Kier alpha value is -0.170. The molecule has 0 saturated carbocycles. The molecule has 2 fully saturated rings. The van der Waals surface area contributed by atoms with E-state index in [0.717, 1.165) is 26.0 Å². The van der Waals surface area contributed by atoms with Crippen LogP contribution in [0.3, 0.4) is 0 Å². The zero-order valence-corrected chi connectivity index (χ0v) is 10.3. The molecule has 2 aliphatic heterocycles. The minimum atomic E-state index is -2.87. The molecule has 0 aromatic rings. The van der Waals surface area contributed by atoms with Crippen molar-refractivity contribution in [1.29, 1.82) is 0 Å². The molecule has 5 nitrogen and oxygen atoms in total. The van der Waals surface area contributed by atoms with Crippen LogP contribution in [-0.2, 0) is 14.6 Å². The van der Waals surface area contributed by atoms with Crippen LogP contribution in [0.2, 0.25) is 0 Å². The van der Waals surface area contributed by atoms with Gasteiger partial charge in [0.1, 0.15) is 0 Å². The van der Waals surface area contributed by atoms with Gasteiger partial charge in [-0.1, -0.05) is 0 Å². The van der Waals surface area contributed by atoms with E-state index in [1.807, 2.05) is 0 Å². The fraction of sp³-hybridized carbons (Fsp3) is 1.00. The molecule has 6 heteroatoms. The summed E-state index contributed by atoms with van der Waals surface area (Å²) in [6.45, 7) is 2.68. The third kappa shape index (κ3) is 2.94. The first-order chi connectivity index (χ1) is 7.61. The van der Waals surface area contributed by atoms with Gasteiger partial charge in [-0.2, -0.15) is 0 Å². The Morgan fingerprint density at radius 1 is 1.44 bits per heavy atom. The summed E-state index contributed by atoms with van der Waals surface area (Å²) in [5.74, 6) is 0.465. The van der Waals surface area contributed by atoms with Crippen LogP contribution in [0.5, 0.6) is 0 Å². The van der Waals surface area contributed by atoms with E-state index in [1.54, 1.807) is 0 Å². The summed E-state index contributed by atoms with van der Waals surface area (Å²) in [5.41, 5.74) is 5.64. The van der Waals surface area contributed by atoms with Crippen LogP contribution in [0.25, 0.3) is 0 Å². The summed E-state index contributed by atoms with van der Waals surface area (Å²) in [6.07, 6.45) is 2.47. The summed E-state index contributed by atoms with van der Waals surface area (Å²) < 4.78 is 28.5. The first-order valence-corrected chi connectivity index (χ1v) is 7.69. The van der Waals surface area contributed by atoms with Crippen LogP contribution in [0.15, 0.2) is 0 Å². The summed E-state index contributed by atoms with van der Waals surface area (Å²) in [7, 11) is -2.87. The van der Waals surface area contributed by atoms with Gasteiger partial charge in [0.25, 0.3) is 0 Å². The van der Waals surface area contributed by atoms with Crippen LogP contribution < -0.4 is 5.73 Å². The van der Waals surface area contributed by atoms with Gasteiger partial charge >= 0.3 is 0 Å². The number of nitrogens with zero attached hydrogens (tertiary/aromatic N) is 1. The second-order valence-corrected chi connectivity index (χ2v) is 6.86. The SMILES string of the molecule is NCC1CS(=O)(=O)CCN1CC1CCCO1. The Balaban J connectivity index is 1.93. The number of ether oxygens (including phenoxy) is 1. The molecular formula is C10H20N2O3S. The highest BCUT2D eigenvalue weighted by Crippen LogP contribution is 2.17. The van der Waals surface area contributed by atoms with Crippen molar-refractivity contribution in [3.63, 3.8) is 0 Å². The van der Waals surface area contributed by atoms with E-state index in [0.29, 0.717) is 13.1 Å². The van der Waals surface area contributed by atoms with Gasteiger partial charge in [0, 0.05) is 32.3 Å². The quantitative estimate of drug-likeness (QED) is 0.709. The average molecular weight is 248 g/mol. The smallest absolute Gasteiger partial charge is 0.153 e. The van der Waals surface area contributed by atoms with Crippen LogP contribution >= 0.6 is 0 Å². The van der Waals surface area contributed by atoms with Gasteiger partial charge < -0.3 is 10.5 Å². The predicted molar refractivity (Wildman–Crippen MR) is 62.0 cm³/mol. The molecule has 2 unspecified atom stereocenters. The molecule has 2 aliphatic rings. The highest BCUT2D eigenvalue weighted by Gasteiger charge is 2.32. The zero-order valence-electron chi connectivity index (χ0n) is 9.47. The molecule has 0 aliphatic carbocycles.